The van der Waals surface area contributed by atoms with Crippen molar-refractivity contribution in [3.05, 3.63) is 35.4 Å². The molecular weight excluding hydrogens is 304 g/mol. The number of rotatable bonds is 6. The average molecular weight is 334 g/mol. The van der Waals surface area contributed by atoms with Gasteiger partial charge in [-0.1, -0.05) is 45.0 Å². The van der Waals surface area contributed by atoms with Crippen molar-refractivity contribution < 1.29 is 14.6 Å². The summed E-state index contributed by atoms with van der Waals surface area (Å²) in [5.74, 6) is 0. The van der Waals surface area contributed by atoms with E-state index in [1.807, 2.05) is 0 Å². The fourth-order valence-electron chi connectivity index (χ4n) is 3.13. The molecule has 2 unspecified atom stereocenters. The summed E-state index contributed by atoms with van der Waals surface area (Å²) in [5, 5.41) is 11.7. The van der Waals surface area contributed by atoms with E-state index in [0.29, 0.717) is 12.5 Å². The summed E-state index contributed by atoms with van der Waals surface area (Å²) < 4.78 is 5.41. The van der Waals surface area contributed by atoms with E-state index in [9.17, 15) is 4.79 Å². The van der Waals surface area contributed by atoms with Gasteiger partial charge in [0.1, 0.15) is 0 Å². The molecule has 1 aromatic rings. The van der Waals surface area contributed by atoms with Crippen molar-refractivity contribution in [2.45, 2.75) is 52.3 Å². The SMILES string of the molecule is COC1CCN(Cc2ccc(CC(NC(=O)O)C(C)(C)C)cc2)C1. The number of nitrogens with zero attached hydrogens (tertiary/aromatic N) is 1. The molecule has 1 saturated heterocycles. The zero-order valence-corrected chi connectivity index (χ0v) is 15.2. The molecule has 2 N–H and O–H groups in total. The van der Waals surface area contributed by atoms with E-state index in [-0.39, 0.29) is 11.5 Å². The maximum absolute atomic E-state index is 11.0. The zero-order valence-electron chi connectivity index (χ0n) is 15.2. The lowest BCUT2D eigenvalue weighted by Gasteiger charge is -2.30. The number of nitrogens with one attached hydrogen (secondary N) is 1. The van der Waals surface area contributed by atoms with Crippen LogP contribution in [0.3, 0.4) is 0 Å². The summed E-state index contributed by atoms with van der Waals surface area (Å²) in [6, 6.07) is 8.41. The number of hydrogen-bond donors (Lipinski definition) is 2. The van der Waals surface area contributed by atoms with Gasteiger partial charge in [0, 0.05) is 32.8 Å². The average Bonchev–Trinajstić information content (AvgIpc) is 2.95. The van der Waals surface area contributed by atoms with E-state index in [2.05, 4.69) is 55.3 Å². The van der Waals surface area contributed by atoms with Crippen molar-refractivity contribution in [3.63, 3.8) is 0 Å². The van der Waals surface area contributed by atoms with Crippen molar-refractivity contribution in [1.82, 2.24) is 10.2 Å². The van der Waals surface area contributed by atoms with Gasteiger partial charge in [-0.2, -0.15) is 0 Å². The molecule has 5 heteroatoms. The minimum absolute atomic E-state index is 0.109. The van der Waals surface area contributed by atoms with Crippen LogP contribution in [-0.2, 0) is 17.7 Å². The van der Waals surface area contributed by atoms with Crippen LogP contribution >= 0.6 is 0 Å². The van der Waals surface area contributed by atoms with Gasteiger partial charge < -0.3 is 15.2 Å². The van der Waals surface area contributed by atoms with Crippen LogP contribution in [0, 0.1) is 5.41 Å². The zero-order chi connectivity index (χ0) is 17.7. The van der Waals surface area contributed by atoms with Gasteiger partial charge in [-0.3, -0.25) is 4.90 Å². The van der Waals surface area contributed by atoms with E-state index in [1.54, 1.807) is 7.11 Å². The quantitative estimate of drug-likeness (QED) is 0.839. The highest BCUT2D eigenvalue weighted by Crippen LogP contribution is 2.23. The predicted molar refractivity (Wildman–Crippen MR) is 95.2 cm³/mol. The number of hydrogen-bond acceptors (Lipinski definition) is 3. The Morgan fingerprint density at radius 1 is 1.33 bits per heavy atom. The largest absolute Gasteiger partial charge is 0.465 e. The van der Waals surface area contributed by atoms with Gasteiger partial charge in [-0.15, -0.1) is 0 Å². The molecule has 1 aliphatic rings. The summed E-state index contributed by atoms with van der Waals surface area (Å²) in [7, 11) is 1.78. The molecule has 134 valence electrons. The first kappa shape index (κ1) is 18.7. The van der Waals surface area contributed by atoms with E-state index >= 15 is 0 Å². The Balaban J connectivity index is 1.94. The molecule has 1 aliphatic heterocycles. The Hall–Kier alpha value is -1.59. The van der Waals surface area contributed by atoms with E-state index < -0.39 is 6.09 Å². The van der Waals surface area contributed by atoms with Crippen LogP contribution in [-0.4, -0.2) is 48.4 Å². The van der Waals surface area contributed by atoms with Gasteiger partial charge in [0.25, 0.3) is 0 Å². The number of amides is 1. The Kier molecular flexibility index (Phi) is 6.24. The fourth-order valence-corrected chi connectivity index (χ4v) is 3.13. The summed E-state index contributed by atoms with van der Waals surface area (Å²) in [4.78, 5) is 13.4. The minimum atomic E-state index is -0.965. The second kappa shape index (κ2) is 7.99. The molecular formula is C19H30N2O3. The molecule has 0 radical (unpaired) electrons. The topological polar surface area (TPSA) is 61.8 Å². The lowest BCUT2D eigenvalue weighted by atomic mass is 9.83. The maximum atomic E-state index is 11.0. The van der Waals surface area contributed by atoms with Gasteiger partial charge in [0.05, 0.1) is 6.10 Å². The van der Waals surface area contributed by atoms with Crippen LogP contribution in [0.5, 0.6) is 0 Å². The molecule has 0 spiro atoms. The van der Waals surface area contributed by atoms with Crippen molar-refractivity contribution in [3.8, 4) is 0 Å². The summed E-state index contributed by atoms with van der Waals surface area (Å²) in [6.45, 7) is 9.18. The Labute approximate surface area is 145 Å². The lowest BCUT2D eigenvalue weighted by molar-refractivity contribution is 0.107. The monoisotopic (exact) mass is 334 g/mol. The van der Waals surface area contributed by atoms with Crippen molar-refractivity contribution in [1.29, 1.82) is 0 Å². The van der Waals surface area contributed by atoms with Crippen LogP contribution in [0.15, 0.2) is 24.3 Å². The fraction of sp³-hybridized carbons (Fsp3) is 0.632. The molecule has 1 heterocycles. The Morgan fingerprint density at radius 3 is 2.46 bits per heavy atom. The molecule has 1 amide bonds. The van der Waals surface area contributed by atoms with Crippen LogP contribution < -0.4 is 5.32 Å². The van der Waals surface area contributed by atoms with Gasteiger partial charge in [-0.05, 0) is 29.4 Å². The summed E-state index contributed by atoms with van der Waals surface area (Å²) in [5.41, 5.74) is 2.32. The third kappa shape index (κ3) is 5.49. The van der Waals surface area contributed by atoms with Crippen LogP contribution in [0.4, 0.5) is 4.79 Å². The first-order valence-corrected chi connectivity index (χ1v) is 8.60. The van der Waals surface area contributed by atoms with Crippen molar-refractivity contribution in [2.75, 3.05) is 20.2 Å². The third-order valence-corrected chi connectivity index (χ3v) is 4.77. The van der Waals surface area contributed by atoms with Gasteiger partial charge in [0.15, 0.2) is 0 Å². The van der Waals surface area contributed by atoms with Gasteiger partial charge in [-0.25, -0.2) is 4.79 Å². The third-order valence-electron chi connectivity index (χ3n) is 4.77. The second-order valence-corrected chi connectivity index (χ2v) is 7.77. The van der Waals surface area contributed by atoms with Crippen LogP contribution in [0.1, 0.15) is 38.3 Å². The van der Waals surface area contributed by atoms with Gasteiger partial charge in [0.2, 0.25) is 0 Å². The molecule has 5 nitrogen and oxygen atoms in total. The smallest absolute Gasteiger partial charge is 0.404 e. The highest BCUT2D eigenvalue weighted by molar-refractivity contribution is 5.65. The minimum Gasteiger partial charge on any atom is -0.465 e. The number of benzene rings is 1. The molecule has 2 rings (SSSR count). The normalized spacial score (nSPS) is 20.1. The standard InChI is InChI=1S/C19H30N2O3/c1-19(2,3)17(20-18(22)23)11-14-5-7-15(8-6-14)12-21-10-9-16(13-21)24-4/h5-8,16-17,20H,9-13H2,1-4H3,(H,22,23). The molecule has 0 aliphatic carbocycles. The second-order valence-electron chi connectivity index (χ2n) is 7.77. The van der Waals surface area contributed by atoms with E-state index in [4.69, 9.17) is 9.84 Å². The van der Waals surface area contributed by atoms with E-state index in [0.717, 1.165) is 31.6 Å². The van der Waals surface area contributed by atoms with Crippen LogP contribution in [0.25, 0.3) is 0 Å². The predicted octanol–water partition coefficient (Wildman–Crippen LogP) is 3.13. The highest BCUT2D eigenvalue weighted by atomic mass is 16.5. The molecule has 24 heavy (non-hydrogen) atoms. The highest BCUT2D eigenvalue weighted by Gasteiger charge is 2.26. The molecule has 0 saturated carbocycles. The number of likely N-dealkylation sites (tertiary alicyclic amines) is 1. The number of methoxy groups -OCH3 is 1. The van der Waals surface area contributed by atoms with Gasteiger partial charge >= 0.3 is 6.09 Å². The van der Waals surface area contributed by atoms with Crippen molar-refractivity contribution in [2.24, 2.45) is 5.41 Å². The van der Waals surface area contributed by atoms with Crippen LogP contribution in [0.2, 0.25) is 0 Å². The molecule has 0 aromatic heterocycles. The molecule has 1 fully saturated rings. The molecule has 1 aromatic carbocycles. The first-order chi connectivity index (χ1) is 11.3. The Morgan fingerprint density at radius 2 is 1.96 bits per heavy atom. The summed E-state index contributed by atoms with van der Waals surface area (Å²) in [6.07, 6.45) is 1.20. The lowest BCUT2D eigenvalue weighted by Crippen LogP contribution is -2.44. The molecule has 0 bridgehead atoms. The number of carboxylic acid groups (broad SMARTS) is 1. The van der Waals surface area contributed by atoms with E-state index in [1.165, 1.54) is 5.56 Å². The number of carbonyl (C=O) groups is 1. The molecule has 2 atom stereocenters. The Bertz CT molecular complexity index is 537. The number of ether oxygens (including phenoxy) is 1. The van der Waals surface area contributed by atoms with Crippen molar-refractivity contribution >= 4 is 6.09 Å². The first-order valence-electron chi connectivity index (χ1n) is 8.60. The summed E-state index contributed by atoms with van der Waals surface area (Å²) >= 11 is 0. The maximum Gasteiger partial charge on any atom is 0.404 e.